The fourth-order valence-corrected chi connectivity index (χ4v) is 8.72. The summed E-state index contributed by atoms with van der Waals surface area (Å²) < 4.78 is 2.54. The number of aromatic nitrogens is 1. The molecule has 10 rings (SSSR count). The maximum atomic E-state index is 2.56. The normalized spacial score (nSPS) is 15.4. The van der Waals surface area contributed by atoms with Crippen molar-refractivity contribution in [2.24, 2.45) is 0 Å². The molecule has 0 saturated carbocycles. The fraction of sp³-hybridized carbons (Fsp3) is 0.0698. The first-order valence-corrected chi connectivity index (χ1v) is 16.5. The van der Waals surface area contributed by atoms with E-state index in [9.17, 15) is 0 Å². The van der Waals surface area contributed by atoms with Crippen molar-refractivity contribution in [3.63, 3.8) is 0 Å². The van der Waals surface area contributed by atoms with E-state index in [1.54, 1.807) is 0 Å². The summed E-state index contributed by atoms with van der Waals surface area (Å²) in [6, 6.07) is 57.8. The maximum absolute atomic E-state index is 2.56. The molecular formula is C43H32BN3. The lowest BCUT2D eigenvalue weighted by Gasteiger charge is -2.45. The van der Waals surface area contributed by atoms with Crippen LogP contribution in [0.2, 0.25) is 0 Å². The van der Waals surface area contributed by atoms with Crippen molar-refractivity contribution < 1.29 is 0 Å². The Morgan fingerprint density at radius 2 is 1.06 bits per heavy atom. The number of hydrogen-bond acceptors (Lipinski definition) is 2. The van der Waals surface area contributed by atoms with E-state index in [1.807, 2.05) is 0 Å². The van der Waals surface area contributed by atoms with Crippen LogP contribution in [0.1, 0.15) is 25.0 Å². The maximum Gasteiger partial charge on any atom is 0.273 e. The first kappa shape index (κ1) is 26.5. The number of fused-ring (bicyclic) bond motifs is 7. The number of para-hydroxylation sites is 4. The van der Waals surface area contributed by atoms with Crippen molar-refractivity contribution in [2.75, 3.05) is 9.80 Å². The molecule has 1 aliphatic carbocycles. The van der Waals surface area contributed by atoms with Crippen molar-refractivity contribution in [2.45, 2.75) is 19.3 Å². The molecule has 2 aliphatic heterocycles. The lowest BCUT2D eigenvalue weighted by atomic mass is 9.33. The van der Waals surface area contributed by atoms with Crippen molar-refractivity contribution in [1.29, 1.82) is 0 Å². The third kappa shape index (κ3) is 3.47. The molecule has 7 aromatic rings. The molecule has 0 spiro atoms. The van der Waals surface area contributed by atoms with Crippen molar-refractivity contribution in [1.82, 2.24) is 4.57 Å². The second-order valence-electron chi connectivity index (χ2n) is 13.3. The third-order valence-electron chi connectivity index (χ3n) is 10.5. The van der Waals surface area contributed by atoms with E-state index in [0.29, 0.717) is 0 Å². The van der Waals surface area contributed by atoms with Crippen LogP contribution in [0, 0.1) is 0 Å². The predicted octanol–water partition coefficient (Wildman–Crippen LogP) is 9.42. The monoisotopic (exact) mass is 601 g/mol. The van der Waals surface area contributed by atoms with E-state index in [0.717, 1.165) is 5.69 Å². The van der Waals surface area contributed by atoms with Crippen LogP contribution in [-0.4, -0.2) is 11.3 Å². The second kappa shape index (κ2) is 9.64. The summed E-state index contributed by atoms with van der Waals surface area (Å²) in [6.45, 7) is 4.83. The van der Waals surface area contributed by atoms with Gasteiger partial charge in [0.25, 0.3) is 6.71 Å². The Morgan fingerprint density at radius 3 is 1.77 bits per heavy atom. The predicted molar refractivity (Wildman–Crippen MR) is 198 cm³/mol. The molecule has 3 heterocycles. The van der Waals surface area contributed by atoms with Gasteiger partial charge in [-0.2, -0.15) is 0 Å². The van der Waals surface area contributed by atoms with Crippen LogP contribution in [0.5, 0.6) is 0 Å². The number of anilines is 5. The van der Waals surface area contributed by atoms with Crippen LogP contribution in [0.15, 0.2) is 163 Å². The average Bonchev–Trinajstić information content (AvgIpc) is 3.59. The summed E-state index contributed by atoms with van der Waals surface area (Å²) in [5, 5.41) is 1.25. The Balaban J connectivity index is 1.42. The summed E-state index contributed by atoms with van der Waals surface area (Å²) in [6.07, 6.45) is 0. The van der Waals surface area contributed by atoms with Gasteiger partial charge < -0.3 is 14.4 Å². The Labute approximate surface area is 275 Å². The van der Waals surface area contributed by atoms with Crippen LogP contribution in [0.4, 0.5) is 28.4 Å². The molecule has 3 aliphatic rings. The van der Waals surface area contributed by atoms with Crippen LogP contribution in [0.25, 0.3) is 22.1 Å². The topological polar surface area (TPSA) is 11.4 Å². The van der Waals surface area contributed by atoms with Gasteiger partial charge in [0.1, 0.15) is 0 Å². The summed E-state index contributed by atoms with van der Waals surface area (Å²) in [5.74, 6) is 0. The van der Waals surface area contributed by atoms with Gasteiger partial charge in [0.2, 0.25) is 0 Å². The molecule has 0 saturated heterocycles. The number of rotatable bonds is 3. The van der Waals surface area contributed by atoms with Gasteiger partial charge >= 0.3 is 0 Å². The summed E-state index contributed by atoms with van der Waals surface area (Å²) in [7, 11) is 0. The van der Waals surface area contributed by atoms with Gasteiger partial charge in [-0.3, -0.25) is 0 Å². The van der Waals surface area contributed by atoms with Crippen LogP contribution >= 0.6 is 0 Å². The first-order valence-electron chi connectivity index (χ1n) is 16.5. The summed E-state index contributed by atoms with van der Waals surface area (Å²) in [5.41, 5.74) is 16.4. The van der Waals surface area contributed by atoms with E-state index in [1.165, 1.54) is 72.7 Å². The Kier molecular flexibility index (Phi) is 5.43. The quantitative estimate of drug-likeness (QED) is 0.187. The largest absolute Gasteiger partial charge is 0.319 e. The Bertz CT molecular complexity index is 2390. The Morgan fingerprint density at radius 1 is 0.511 bits per heavy atom. The van der Waals surface area contributed by atoms with Gasteiger partial charge in [-0.15, -0.1) is 0 Å². The molecule has 0 bridgehead atoms. The standard InChI is InChI=1S/C43H32BN3/c1-43(2)34-25-14-12-23-32(34)38-41(43)46(30-19-8-4-9-20-30)37-28-16-27-36-39(37)44(38)42-40(45(36)29-17-6-3-7-18-29)33-24-13-15-26-35(33)47(42)31-21-10-5-11-22-31/h3-28H,1-2H3. The van der Waals surface area contributed by atoms with Crippen LogP contribution in [-0.2, 0) is 5.41 Å². The van der Waals surface area contributed by atoms with Gasteiger partial charge in [0, 0.05) is 50.5 Å². The molecule has 222 valence electrons. The van der Waals surface area contributed by atoms with Gasteiger partial charge in [0.15, 0.2) is 0 Å². The minimum Gasteiger partial charge on any atom is -0.319 e. The van der Waals surface area contributed by atoms with E-state index >= 15 is 0 Å². The smallest absolute Gasteiger partial charge is 0.273 e. The molecule has 6 aromatic carbocycles. The molecule has 0 fully saturated rings. The zero-order valence-corrected chi connectivity index (χ0v) is 26.4. The van der Waals surface area contributed by atoms with Gasteiger partial charge in [-0.25, -0.2) is 0 Å². The zero-order valence-electron chi connectivity index (χ0n) is 26.4. The highest BCUT2D eigenvalue weighted by Gasteiger charge is 2.53. The third-order valence-corrected chi connectivity index (χ3v) is 10.5. The minimum absolute atomic E-state index is 0.0154. The van der Waals surface area contributed by atoms with Gasteiger partial charge in [0.05, 0.1) is 11.2 Å². The van der Waals surface area contributed by atoms with Crippen molar-refractivity contribution in [3.05, 3.63) is 175 Å². The van der Waals surface area contributed by atoms with Crippen molar-refractivity contribution in [3.8, 4) is 5.69 Å². The fourth-order valence-electron chi connectivity index (χ4n) is 8.72. The number of nitrogens with zero attached hydrogens (tertiary/aromatic N) is 3. The molecule has 4 heteroatoms. The molecule has 1 aromatic heterocycles. The summed E-state index contributed by atoms with van der Waals surface area (Å²) in [4.78, 5) is 5.08. The average molecular weight is 602 g/mol. The highest BCUT2D eigenvalue weighted by molar-refractivity contribution is 7.03. The molecule has 0 radical (unpaired) electrons. The molecule has 0 amide bonds. The zero-order chi connectivity index (χ0) is 31.3. The second-order valence-corrected chi connectivity index (χ2v) is 13.3. The molecular weight excluding hydrogens is 569 g/mol. The number of benzene rings is 6. The number of hydrogen-bond donors (Lipinski definition) is 0. The highest BCUT2D eigenvalue weighted by atomic mass is 15.2. The van der Waals surface area contributed by atoms with E-state index in [2.05, 4.69) is 186 Å². The molecule has 0 N–H and O–H groups in total. The van der Waals surface area contributed by atoms with Crippen molar-refractivity contribution >= 4 is 62.6 Å². The highest BCUT2D eigenvalue weighted by Crippen LogP contribution is 2.56. The Hall–Kier alpha value is -5.74. The number of allylic oxidation sites excluding steroid dienone is 1. The van der Waals surface area contributed by atoms with E-state index in [-0.39, 0.29) is 12.1 Å². The van der Waals surface area contributed by atoms with Crippen LogP contribution in [0.3, 0.4) is 0 Å². The van der Waals surface area contributed by atoms with Gasteiger partial charge in [-0.05, 0) is 76.7 Å². The molecule has 47 heavy (non-hydrogen) atoms. The van der Waals surface area contributed by atoms with Crippen LogP contribution < -0.4 is 20.9 Å². The first-order chi connectivity index (χ1) is 23.1. The molecule has 0 unspecified atom stereocenters. The molecule has 3 nitrogen and oxygen atoms in total. The van der Waals surface area contributed by atoms with Gasteiger partial charge in [-0.1, -0.05) is 117 Å². The lowest BCUT2D eigenvalue weighted by molar-refractivity contribution is 0.626. The van der Waals surface area contributed by atoms with E-state index < -0.39 is 0 Å². The molecule has 0 atom stereocenters. The van der Waals surface area contributed by atoms with E-state index in [4.69, 9.17) is 0 Å². The SMILES string of the molecule is CC1(C)C2=C(B3c4c(cccc4N(c4ccccc4)c4c3n(-c3ccccc3)c3ccccc43)N2c2ccccc2)c2ccccc21. The lowest BCUT2D eigenvalue weighted by Crippen LogP contribution is -2.57. The summed E-state index contributed by atoms with van der Waals surface area (Å²) >= 11 is 0. The minimum atomic E-state index is -0.213.